The van der Waals surface area contributed by atoms with Crippen LogP contribution in [0.1, 0.15) is 11.1 Å². The van der Waals surface area contributed by atoms with Crippen LogP contribution in [-0.4, -0.2) is 37.4 Å². The van der Waals surface area contributed by atoms with Crippen LogP contribution in [0.2, 0.25) is 0 Å². The molecule has 6 nitrogen and oxygen atoms in total. The number of aliphatic carboxylic acids is 1. The van der Waals surface area contributed by atoms with E-state index in [1.807, 2.05) is 0 Å². The van der Waals surface area contributed by atoms with E-state index < -0.39 is 44.7 Å². The minimum absolute atomic E-state index is 0.457. The molecule has 10 heteroatoms. The molecule has 21 heavy (non-hydrogen) atoms. The third-order valence-electron chi connectivity index (χ3n) is 2.48. The van der Waals surface area contributed by atoms with Crippen molar-refractivity contribution in [2.45, 2.75) is 11.1 Å². The monoisotopic (exact) mass is 322 g/mol. The third kappa shape index (κ3) is 3.71. The summed E-state index contributed by atoms with van der Waals surface area (Å²) in [5, 5.41) is 17.2. The number of hydrogen-bond donors (Lipinski definition) is 1. The molecule has 0 saturated heterocycles. The standard InChI is InChI=1S/C11H9F3N2O4S/c1-16(6-10(17)18)21(19,20)8-2-3-9(11(12,13)14)7(4-8)5-15/h2-4H,6H2,1H3,(H,17,18). The number of nitriles is 1. The summed E-state index contributed by atoms with van der Waals surface area (Å²) >= 11 is 0. The third-order valence-corrected chi connectivity index (χ3v) is 4.28. The highest BCUT2D eigenvalue weighted by atomic mass is 32.2. The lowest BCUT2D eigenvalue weighted by molar-refractivity contribution is -0.138. The van der Waals surface area contributed by atoms with E-state index in [0.29, 0.717) is 22.5 Å². The van der Waals surface area contributed by atoms with Crippen molar-refractivity contribution < 1.29 is 31.5 Å². The number of alkyl halides is 3. The zero-order valence-electron chi connectivity index (χ0n) is 10.5. The predicted octanol–water partition coefficient (Wildman–Crippen LogP) is 1.28. The molecule has 0 spiro atoms. The second-order valence-electron chi connectivity index (χ2n) is 3.97. The van der Waals surface area contributed by atoms with E-state index in [1.165, 1.54) is 6.07 Å². The fourth-order valence-electron chi connectivity index (χ4n) is 1.48. The summed E-state index contributed by atoms with van der Waals surface area (Å²) in [5.41, 5.74) is -2.11. The zero-order chi connectivity index (χ0) is 16.4. The number of nitrogens with zero attached hydrogens (tertiary/aromatic N) is 2. The Morgan fingerprint density at radius 3 is 2.43 bits per heavy atom. The average molecular weight is 322 g/mol. The van der Waals surface area contributed by atoms with E-state index in [1.54, 1.807) is 0 Å². The number of carbonyl (C=O) groups is 1. The fraction of sp³-hybridized carbons (Fsp3) is 0.273. The Morgan fingerprint density at radius 1 is 1.43 bits per heavy atom. The quantitative estimate of drug-likeness (QED) is 0.900. The highest BCUT2D eigenvalue weighted by Gasteiger charge is 2.34. The van der Waals surface area contributed by atoms with Gasteiger partial charge >= 0.3 is 12.1 Å². The largest absolute Gasteiger partial charge is 0.480 e. The lowest BCUT2D eigenvalue weighted by Gasteiger charge is -2.16. The average Bonchev–Trinajstić information content (AvgIpc) is 2.35. The molecule has 1 aromatic rings. The predicted molar refractivity (Wildman–Crippen MR) is 63.6 cm³/mol. The maximum atomic E-state index is 12.6. The Hall–Kier alpha value is -2.12. The van der Waals surface area contributed by atoms with Crippen molar-refractivity contribution in [3.8, 4) is 6.07 Å². The topological polar surface area (TPSA) is 98.5 Å². The lowest BCUT2D eigenvalue weighted by Crippen LogP contribution is -2.32. The number of benzene rings is 1. The molecule has 0 unspecified atom stereocenters. The van der Waals surface area contributed by atoms with Gasteiger partial charge in [0, 0.05) is 7.05 Å². The van der Waals surface area contributed by atoms with Gasteiger partial charge < -0.3 is 5.11 Å². The molecule has 1 N–H and O–H groups in total. The van der Waals surface area contributed by atoms with Crippen molar-refractivity contribution in [2.24, 2.45) is 0 Å². The van der Waals surface area contributed by atoms with Crippen LogP contribution < -0.4 is 0 Å². The molecule has 1 aromatic carbocycles. The Bertz CT molecular complexity index is 707. The smallest absolute Gasteiger partial charge is 0.417 e. The molecule has 1 rings (SSSR count). The summed E-state index contributed by atoms with van der Waals surface area (Å²) in [6.07, 6.45) is -4.79. The Kier molecular flexibility index (Phi) is 4.60. The van der Waals surface area contributed by atoms with Crippen molar-refractivity contribution in [1.82, 2.24) is 4.31 Å². The first-order valence-electron chi connectivity index (χ1n) is 5.29. The number of hydrogen-bond acceptors (Lipinski definition) is 4. The zero-order valence-corrected chi connectivity index (χ0v) is 11.4. The van der Waals surface area contributed by atoms with Gasteiger partial charge in [0.1, 0.15) is 6.54 Å². The van der Waals surface area contributed by atoms with Gasteiger partial charge in [-0.3, -0.25) is 4.79 Å². The molecule has 0 atom stereocenters. The molecule has 0 heterocycles. The Morgan fingerprint density at radius 2 is 2.00 bits per heavy atom. The second kappa shape index (κ2) is 5.71. The van der Waals surface area contributed by atoms with Crippen molar-refractivity contribution in [1.29, 1.82) is 5.26 Å². The number of halogens is 3. The van der Waals surface area contributed by atoms with Crippen LogP contribution in [0.4, 0.5) is 13.2 Å². The van der Waals surface area contributed by atoms with Crippen LogP contribution in [-0.2, 0) is 21.0 Å². The summed E-state index contributed by atoms with van der Waals surface area (Å²) in [6.45, 7) is -0.856. The molecule has 0 aliphatic carbocycles. The van der Waals surface area contributed by atoms with Gasteiger partial charge in [0.05, 0.1) is 22.1 Å². The highest BCUT2D eigenvalue weighted by Crippen LogP contribution is 2.33. The SMILES string of the molecule is CN(CC(=O)O)S(=O)(=O)c1ccc(C(F)(F)F)c(C#N)c1. The van der Waals surface area contributed by atoms with E-state index in [0.717, 1.165) is 7.05 Å². The van der Waals surface area contributed by atoms with E-state index in [9.17, 15) is 26.4 Å². The molecule has 0 amide bonds. The van der Waals surface area contributed by atoms with Crippen molar-refractivity contribution in [3.63, 3.8) is 0 Å². The fourth-order valence-corrected chi connectivity index (χ4v) is 2.63. The maximum absolute atomic E-state index is 12.6. The molecule has 0 bridgehead atoms. The first-order valence-corrected chi connectivity index (χ1v) is 6.73. The minimum Gasteiger partial charge on any atom is -0.480 e. The van der Waals surface area contributed by atoms with Crippen molar-refractivity contribution in [2.75, 3.05) is 13.6 Å². The molecule has 0 aromatic heterocycles. The van der Waals surface area contributed by atoms with E-state index >= 15 is 0 Å². The summed E-state index contributed by atoms with van der Waals surface area (Å²) < 4.78 is 62.2. The molecule has 0 aliphatic heterocycles. The van der Waals surface area contributed by atoms with Gasteiger partial charge in [-0.25, -0.2) is 8.42 Å². The molecule has 114 valence electrons. The molecular formula is C11H9F3N2O4S. The van der Waals surface area contributed by atoms with Crippen LogP contribution in [0.3, 0.4) is 0 Å². The van der Waals surface area contributed by atoms with Crippen LogP contribution >= 0.6 is 0 Å². The number of rotatable bonds is 4. The minimum atomic E-state index is -4.79. The molecule has 0 radical (unpaired) electrons. The van der Waals surface area contributed by atoms with Crippen molar-refractivity contribution in [3.05, 3.63) is 29.3 Å². The molecular weight excluding hydrogens is 313 g/mol. The second-order valence-corrected chi connectivity index (χ2v) is 6.02. The molecule has 0 aliphatic rings. The van der Waals surface area contributed by atoms with Gasteiger partial charge in [-0.1, -0.05) is 0 Å². The van der Waals surface area contributed by atoms with Crippen molar-refractivity contribution >= 4 is 16.0 Å². The lowest BCUT2D eigenvalue weighted by atomic mass is 10.1. The number of sulfonamides is 1. The Balaban J connectivity index is 3.34. The summed E-state index contributed by atoms with van der Waals surface area (Å²) in [4.78, 5) is 9.90. The van der Waals surface area contributed by atoms with E-state index in [4.69, 9.17) is 10.4 Å². The summed E-state index contributed by atoms with van der Waals surface area (Å²) in [5.74, 6) is -1.42. The number of carboxylic acids is 1. The summed E-state index contributed by atoms with van der Waals surface area (Å²) in [6, 6.07) is 2.99. The van der Waals surface area contributed by atoms with Gasteiger partial charge in [0.15, 0.2) is 0 Å². The Labute approximate surface area is 118 Å². The number of carboxylic acid groups (broad SMARTS) is 1. The van der Waals surface area contributed by atoms with Crippen LogP contribution in [0, 0.1) is 11.3 Å². The maximum Gasteiger partial charge on any atom is 0.417 e. The molecule has 0 saturated carbocycles. The van der Waals surface area contributed by atoms with Gasteiger partial charge in [0.25, 0.3) is 0 Å². The highest BCUT2D eigenvalue weighted by molar-refractivity contribution is 7.89. The van der Waals surface area contributed by atoms with Crippen LogP contribution in [0.25, 0.3) is 0 Å². The first-order chi connectivity index (χ1) is 9.50. The van der Waals surface area contributed by atoms with Crippen LogP contribution in [0.5, 0.6) is 0 Å². The molecule has 0 fully saturated rings. The van der Waals surface area contributed by atoms with Gasteiger partial charge in [-0.15, -0.1) is 0 Å². The van der Waals surface area contributed by atoms with Gasteiger partial charge in [0.2, 0.25) is 10.0 Å². The van der Waals surface area contributed by atoms with Crippen LogP contribution in [0.15, 0.2) is 23.1 Å². The first kappa shape index (κ1) is 16.9. The van der Waals surface area contributed by atoms with E-state index in [2.05, 4.69) is 0 Å². The number of likely N-dealkylation sites (N-methyl/N-ethyl adjacent to an activating group) is 1. The summed E-state index contributed by atoms with van der Waals surface area (Å²) in [7, 11) is -3.33. The van der Waals surface area contributed by atoms with Gasteiger partial charge in [-0.05, 0) is 18.2 Å². The van der Waals surface area contributed by atoms with Gasteiger partial charge in [-0.2, -0.15) is 22.7 Å². The normalized spacial score (nSPS) is 12.2. The van der Waals surface area contributed by atoms with E-state index in [-0.39, 0.29) is 0 Å².